The fourth-order valence-electron chi connectivity index (χ4n) is 2.36. The van der Waals surface area contributed by atoms with Crippen LogP contribution in [-0.2, 0) is 6.42 Å². The monoisotopic (exact) mass is 304 g/mol. The average Bonchev–Trinajstić information content (AvgIpc) is 3.04. The molecule has 0 spiro atoms. The van der Waals surface area contributed by atoms with Crippen molar-refractivity contribution in [2.24, 2.45) is 5.73 Å². The quantitative estimate of drug-likeness (QED) is 0.803. The Kier molecular flexibility index (Phi) is 3.73. The number of fused-ring (bicyclic) bond motifs is 1. The van der Waals surface area contributed by atoms with Gasteiger partial charge in [-0.05, 0) is 37.4 Å². The molecule has 0 aliphatic rings. The van der Waals surface area contributed by atoms with Crippen LogP contribution in [0.4, 0.5) is 4.39 Å². The van der Waals surface area contributed by atoms with Crippen molar-refractivity contribution in [2.75, 3.05) is 0 Å². The first-order valence-electron chi connectivity index (χ1n) is 6.87. The van der Waals surface area contributed by atoms with Crippen LogP contribution in [0.15, 0.2) is 30.6 Å². The van der Waals surface area contributed by atoms with Gasteiger partial charge in [0.2, 0.25) is 0 Å². The van der Waals surface area contributed by atoms with Crippen LogP contribution in [0.1, 0.15) is 36.6 Å². The van der Waals surface area contributed by atoms with Gasteiger partial charge in [-0.1, -0.05) is 6.07 Å². The lowest BCUT2D eigenvalue weighted by Crippen LogP contribution is -2.17. The summed E-state index contributed by atoms with van der Waals surface area (Å²) in [4.78, 5) is 5.32. The maximum atomic E-state index is 13.2. The molecule has 2 N–H and O–H groups in total. The maximum absolute atomic E-state index is 13.2. The predicted octanol–water partition coefficient (Wildman–Crippen LogP) is 3.46. The largest absolute Gasteiger partial charge is 0.323 e. The van der Waals surface area contributed by atoms with Crippen LogP contribution in [-0.4, -0.2) is 14.8 Å². The molecule has 2 heterocycles. The molecule has 0 bridgehead atoms. The molecule has 0 aliphatic heterocycles. The van der Waals surface area contributed by atoms with E-state index in [2.05, 4.69) is 23.9 Å². The predicted molar refractivity (Wildman–Crippen MR) is 82.8 cm³/mol. The van der Waals surface area contributed by atoms with Crippen molar-refractivity contribution in [3.63, 3.8) is 0 Å². The zero-order valence-electron chi connectivity index (χ0n) is 12.0. The van der Waals surface area contributed by atoms with Gasteiger partial charge in [-0.25, -0.2) is 14.1 Å². The van der Waals surface area contributed by atoms with Crippen molar-refractivity contribution < 1.29 is 4.39 Å². The molecule has 0 fully saturated rings. The first-order chi connectivity index (χ1) is 10.0. The summed E-state index contributed by atoms with van der Waals surface area (Å²) in [6.07, 6.45) is 2.18. The highest BCUT2D eigenvalue weighted by molar-refractivity contribution is 7.19. The molecule has 0 aliphatic carbocycles. The summed E-state index contributed by atoms with van der Waals surface area (Å²) >= 11 is 1.53. The molecular formula is C15H17FN4S. The third-order valence-corrected chi connectivity index (χ3v) is 4.64. The number of thiophene rings is 1. The average molecular weight is 304 g/mol. The normalized spacial score (nSPS) is 13.2. The van der Waals surface area contributed by atoms with Gasteiger partial charge < -0.3 is 5.73 Å². The fraction of sp³-hybridized carbons (Fsp3) is 0.333. The molecule has 0 saturated heterocycles. The first-order valence-corrected chi connectivity index (χ1v) is 7.69. The molecule has 21 heavy (non-hydrogen) atoms. The number of aromatic nitrogens is 3. The van der Waals surface area contributed by atoms with E-state index in [1.807, 2.05) is 10.7 Å². The summed E-state index contributed by atoms with van der Waals surface area (Å²) in [6.45, 7) is 4.12. The van der Waals surface area contributed by atoms with Crippen LogP contribution in [0.5, 0.6) is 0 Å². The SMILES string of the molecule is CC(C)n1ncnc1CC(N)c1cc2ccc(F)cc2s1. The minimum Gasteiger partial charge on any atom is -0.323 e. The summed E-state index contributed by atoms with van der Waals surface area (Å²) in [5.41, 5.74) is 6.29. The Morgan fingerprint density at radius 1 is 1.33 bits per heavy atom. The van der Waals surface area contributed by atoms with Gasteiger partial charge in [0, 0.05) is 28.1 Å². The Labute approximate surface area is 126 Å². The third kappa shape index (κ3) is 2.82. The lowest BCUT2D eigenvalue weighted by atomic mass is 10.1. The van der Waals surface area contributed by atoms with Gasteiger partial charge in [0.05, 0.1) is 0 Å². The Bertz CT molecular complexity index is 762. The van der Waals surface area contributed by atoms with Crippen molar-refractivity contribution in [3.8, 4) is 0 Å². The van der Waals surface area contributed by atoms with Gasteiger partial charge in [-0.3, -0.25) is 0 Å². The van der Waals surface area contributed by atoms with Gasteiger partial charge in [-0.15, -0.1) is 11.3 Å². The summed E-state index contributed by atoms with van der Waals surface area (Å²) in [5.74, 6) is 0.658. The number of nitrogens with zero attached hydrogens (tertiary/aromatic N) is 3. The minimum absolute atomic E-state index is 0.160. The number of hydrogen-bond donors (Lipinski definition) is 1. The highest BCUT2D eigenvalue weighted by Crippen LogP contribution is 2.30. The maximum Gasteiger partial charge on any atom is 0.138 e. The summed E-state index contributed by atoms with van der Waals surface area (Å²) in [6, 6.07) is 6.93. The molecule has 0 radical (unpaired) electrons. The van der Waals surface area contributed by atoms with E-state index in [-0.39, 0.29) is 17.9 Å². The highest BCUT2D eigenvalue weighted by Gasteiger charge is 2.16. The van der Waals surface area contributed by atoms with Crippen LogP contribution in [0.3, 0.4) is 0 Å². The van der Waals surface area contributed by atoms with Crippen LogP contribution >= 0.6 is 11.3 Å². The van der Waals surface area contributed by atoms with E-state index in [4.69, 9.17) is 5.73 Å². The Balaban J connectivity index is 1.86. The van der Waals surface area contributed by atoms with E-state index in [1.165, 1.54) is 17.4 Å². The van der Waals surface area contributed by atoms with Crippen LogP contribution in [0, 0.1) is 5.82 Å². The smallest absolute Gasteiger partial charge is 0.138 e. The zero-order valence-corrected chi connectivity index (χ0v) is 12.8. The van der Waals surface area contributed by atoms with Gasteiger partial charge in [-0.2, -0.15) is 5.10 Å². The molecular weight excluding hydrogens is 287 g/mol. The van der Waals surface area contributed by atoms with E-state index in [0.717, 1.165) is 20.8 Å². The molecule has 3 rings (SSSR count). The number of halogens is 1. The summed E-state index contributed by atoms with van der Waals surface area (Å²) in [7, 11) is 0. The van der Waals surface area contributed by atoms with E-state index in [1.54, 1.807) is 18.5 Å². The third-order valence-electron chi connectivity index (χ3n) is 3.41. The molecule has 3 aromatic rings. The molecule has 1 atom stereocenters. The molecule has 1 aromatic carbocycles. The lowest BCUT2D eigenvalue weighted by molar-refractivity contribution is 0.494. The number of rotatable bonds is 4. The molecule has 1 unspecified atom stereocenters. The summed E-state index contributed by atoms with van der Waals surface area (Å²) < 4.78 is 16.1. The second-order valence-electron chi connectivity index (χ2n) is 5.36. The van der Waals surface area contributed by atoms with Gasteiger partial charge in [0.25, 0.3) is 0 Å². The Morgan fingerprint density at radius 2 is 2.14 bits per heavy atom. The fourth-order valence-corrected chi connectivity index (χ4v) is 3.45. The molecule has 6 heteroatoms. The second-order valence-corrected chi connectivity index (χ2v) is 6.47. The van der Waals surface area contributed by atoms with Crippen LogP contribution < -0.4 is 5.73 Å². The topological polar surface area (TPSA) is 56.7 Å². The van der Waals surface area contributed by atoms with Crippen molar-refractivity contribution in [1.82, 2.24) is 14.8 Å². The number of nitrogens with two attached hydrogens (primary N) is 1. The first kappa shape index (κ1) is 14.2. The van der Waals surface area contributed by atoms with E-state index >= 15 is 0 Å². The Hall–Kier alpha value is -1.79. The molecule has 4 nitrogen and oxygen atoms in total. The molecule has 110 valence electrons. The Morgan fingerprint density at radius 3 is 2.90 bits per heavy atom. The second kappa shape index (κ2) is 5.54. The zero-order chi connectivity index (χ0) is 15.0. The van der Waals surface area contributed by atoms with Gasteiger partial charge >= 0.3 is 0 Å². The van der Waals surface area contributed by atoms with Crippen LogP contribution in [0.2, 0.25) is 0 Å². The van der Waals surface area contributed by atoms with Crippen molar-refractivity contribution >= 4 is 21.4 Å². The molecule has 2 aromatic heterocycles. The van der Waals surface area contributed by atoms with Gasteiger partial charge in [0.1, 0.15) is 18.0 Å². The van der Waals surface area contributed by atoms with E-state index in [9.17, 15) is 4.39 Å². The van der Waals surface area contributed by atoms with Crippen molar-refractivity contribution in [3.05, 3.63) is 47.1 Å². The standard InChI is InChI=1S/C15H17FN4S/c1-9(2)20-15(18-8-19-20)7-12(17)14-5-10-3-4-11(16)6-13(10)21-14/h3-6,8-9,12H,7,17H2,1-2H3. The van der Waals surface area contributed by atoms with E-state index < -0.39 is 0 Å². The number of benzene rings is 1. The van der Waals surface area contributed by atoms with Gasteiger partial charge in [0.15, 0.2) is 0 Å². The van der Waals surface area contributed by atoms with E-state index in [0.29, 0.717) is 6.42 Å². The molecule has 0 saturated carbocycles. The van der Waals surface area contributed by atoms with Crippen molar-refractivity contribution in [2.45, 2.75) is 32.4 Å². The summed E-state index contributed by atoms with van der Waals surface area (Å²) in [5, 5.41) is 5.25. The van der Waals surface area contributed by atoms with Crippen LogP contribution in [0.25, 0.3) is 10.1 Å². The van der Waals surface area contributed by atoms with Crippen molar-refractivity contribution in [1.29, 1.82) is 0 Å². The highest BCUT2D eigenvalue weighted by atomic mass is 32.1. The molecule has 0 amide bonds. The minimum atomic E-state index is -0.218. The lowest BCUT2D eigenvalue weighted by Gasteiger charge is -2.12. The number of hydrogen-bond acceptors (Lipinski definition) is 4.